The Morgan fingerprint density at radius 1 is 1.75 bits per heavy atom. The standard InChI is InChI=1S/C8H15NO2S/c1-6(2)9-4-7(5-12-3)11-8(9)10/h6-7H,4-5H2,1-3H3. The Kier molecular flexibility index (Phi) is 3.26. The van der Waals surface area contributed by atoms with Gasteiger partial charge in [0.1, 0.15) is 6.10 Å². The minimum absolute atomic E-state index is 0.0925. The first-order valence-corrected chi connectivity index (χ1v) is 5.50. The van der Waals surface area contributed by atoms with Gasteiger partial charge in [-0.05, 0) is 20.1 Å². The van der Waals surface area contributed by atoms with Crippen LogP contribution in [0.5, 0.6) is 0 Å². The number of cyclic esters (lactones) is 1. The largest absolute Gasteiger partial charge is 0.443 e. The lowest BCUT2D eigenvalue weighted by atomic mass is 10.3. The number of hydrogen-bond acceptors (Lipinski definition) is 3. The minimum Gasteiger partial charge on any atom is -0.443 e. The summed E-state index contributed by atoms with van der Waals surface area (Å²) in [5, 5.41) is 0. The van der Waals surface area contributed by atoms with Gasteiger partial charge in [-0.3, -0.25) is 0 Å². The molecule has 1 aliphatic rings. The van der Waals surface area contributed by atoms with E-state index in [0.29, 0.717) is 0 Å². The van der Waals surface area contributed by atoms with Crippen molar-refractivity contribution in [3.63, 3.8) is 0 Å². The van der Waals surface area contributed by atoms with Crippen LogP contribution in [-0.2, 0) is 4.74 Å². The molecule has 3 nitrogen and oxygen atoms in total. The summed E-state index contributed by atoms with van der Waals surface area (Å²) >= 11 is 1.71. The maximum Gasteiger partial charge on any atom is 0.410 e. The molecule has 1 aliphatic heterocycles. The second-order valence-corrected chi connectivity index (χ2v) is 4.12. The average molecular weight is 189 g/mol. The van der Waals surface area contributed by atoms with Crippen LogP contribution in [0.3, 0.4) is 0 Å². The molecule has 70 valence electrons. The molecule has 0 spiro atoms. The molecule has 4 heteroatoms. The Morgan fingerprint density at radius 3 is 2.83 bits per heavy atom. The van der Waals surface area contributed by atoms with E-state index < -0.39 is 0 Å². The first-order valence-electron chi connectivity index (χ1n) is 4.11. The monoisotopic (exact) mass is 189 g/mol. The summed E-state index contributed by atoms with van der Waals surface area (Å²) in [7, 11) is 0. The molecule has 1 amide bonds. The van der Waals surface area contributed by atoms with E-state index in [-0.39, 0.29) is 18.2 Å². The molecular formula is C8H15NO2S. The molecule has 1 saturated heterocycles. The molecule has 0 aromatic rings. The molecule has 1 rings (SSSR count). The molecule has 1 heterocycles. The van der Waals surface area contributed by atoms with Crippen molar-refractivity contribution < 1.29 is 9.53 Å². The number of amides is 1. The first kappa shape index (κ1) is 9.71. The third kappa shape index (κ3) is 2.06. The molecule has 0 aromatic carbocycles. The Morgan fingerprint density at radius 2 is 2.42 bits per heavy atom. The van der Waals surface area contributed by atoms with Crippen molar-refractivity contribution in [2.24, 2.45) is 0 Å². The molecular weight excluding hydrogens is 174 g/mol. The zero-order chi connectivity index (χ0) is 9.14. The highest BCUT2D eigenvalue weighted by Crippen LogP contribution is 2.16. The number of ether oxygens (including phenoxy) is 1. The molecule has 12 heavy (non-hydrogen) atoms. The molecule has 0 saturated carbocycles. The van der Waals surface area contributed by atoms with Gasteiger partial charge in [0.15, 0.2) is 0 Å². The van der Waals surface area contributed by atoms with Gasteiger partial charge in [0.05, 0.1) is 6.54 Å². The molecule has 0 bridgehead atoms. The van der Waals surface area contributed by atoms with Gasteiger partial charge in [0, 0.05) is 11.8 Å². The third-order valence-corrected chi connectivity index (χ3v) is 2.58. The van der Waals surface area contributed by atoms with Crippen LogP contribution in [0, 0.1) is 0 Å². The zero-order valence-electron chi connectivity index (χ0n) is 7.74. The van der Waals surface area contributed by atoms with Crippen molar-refractivity contribution in [1.82, 2.24) is 4.90 Å². The van der Waals surface area contributed by atoms with E-state index in [1.165, 1.54) is 0 Å². The van der Waals surface area contributed by atoms with Crippen LogP contribution >= 0.6 is 11.8 Å². The number of rotatable bonds is 3. The van der Waals surface area contributed by atoms with Crippen LogP contribution in [0.25, 0.3) is 0 Å². The van der Waals surface area contributed by atoms with E-state index in [9.17, 15) is 4.79 Å². The van der Waals surface area contributed by atoms with Crippen LogP contribution in [0.1, 0.15) is 13.8 Å². The number of carbonyl (C=O) groups is 1. The highest BCUT2D eigenvalue weighted by molar-refractivity contribution is 7.98. The van der Waals surface area contributed by atoms with Gasteiger partial charge in [0.2, 0.25) is 0 Å². The molecule has 1 atom stereocenters. The van der Waals surface area contributed by atoms with E-state index in [4.69, 9.17) is 4.74 Å². The number of carbonyl (C=O) groups excluding carboxylic acids is 1. The van der Waals surface area contributed by atoms with Crippen molar-refractivity contribution in [2.45, 2.75) is 26.0 Å². The molecule has 0 N–H and O–H groups in total. The topological polar surface area (TPSA) is 29.5 Å². The van der Waals surface area contributed by atoms with Crippen molar-refractivity contribution in [3.8, 4) is 0 Å². The Bertz CT molecular complexity index is 172. The third-order valence-electron chi connectivity index (χ3n) is 1.88. The second-order valence-electron chi connectivity index (χ2n) is 3.21. The molecule has 0 aromatic heterocycles. The molecule has 0 radical (unpaired) electrons. The van der Waals surface area contributed by atoms with Gasteiger partial charge in [-0.1, -0.05) is 0 Å². The van der Waals surface area contributed by atoms with Gasteiger partial charge in [-0.2, -0.15) is 11.8 Å². The zero-order valence-corrected chi connectivity index (χ0v) is 8.56. The van der Waals surface area contributed by atoms with Crippen LogP contribution in [-0.4, -0.2) is 41.7 Å². The minimum atomic E-state index is -0.163. The first-order chi connectivity index (χ1) is 5.65. The predicted octanol–water partition coefficient (Wildman–Crippen LogP) is 1.58. The normalized spacial score (nSPS) is 23.5. The van der Waals surface area contributed by atoms with Crippen LogP contribution < -0.4 is 0 Å². The molecule has 1 fully saturated rings. The molecule has 1 unspecified atom stereocenters. The van der Waals surface area contributed by atoms with E-state index in [1.54, 1.807) is 16.7 Å². The van der Waals surface area contributed by atoms with Gasteiger partial charge >= 0.3 is 6.09 Å². The summed E-state index contributed by atoms with van der Waals surface area (Å²) in [4.78, 5) is 13.0. The average Bonchev–Trinajstić information content (AvgIpc) is 2.32. The van der Waals surface area contributed by atoms with E-state index in [1.807, 2.05) is 20.1 Å². The highest BCUT2D eigenvalue weighted by atomic mass is 32.2. The maximum atomic E-state index is 11.2. The Balaban J connectivity index is 2.45. The summed E-state index contributed by atoms with van der Waals surface area (Å²) in [6.07, 6.45) is 1.95. The van der Waals surface area contributed by atoms with Gasteiger partial charge in [-0.15, -0.1) is 0 Å². The summed E-state index contributed by atoms with van der Waals surface area (Å²) < 4.78 is 5.14. The maximum absolute atomic E-state index is 11.2. The van der Waals surface area contributed by atoms with Gasteiger partial charge < -0.3 is 9.64 Å². The van der Waals surface area contributed by atoms with E-state index in [0.717, 1.165) is 12.3 Å². The predicted molar refractivity (Wildman–Crippen MR) is 50.5 cm³/mol. The SMILES string of the molecule is CSCC1CN(C(C)C)C(=O)O1. The quantitative estimate of drug-likeness (QED) is 0.675. The van der Waals surface area contributed by atoms with E-state index in [2.05, 4.69) is 0 Å². The fourth-order valence-corrected chi connectivity index (χ4v) is 1.78. The lowest BCUT2D eigenvalue weighted by Crippen LogP contribution is -2.32. The van der Waals surface area contributed by atoms with Crippen molar-refractivity contribution in [2.75, 3.05) is 18.6 Å². The van der Waals surface area contributed by atoms with Crippen molar-refractivity contribution in [3.05, 3.63) is 0 Å². The second kappa shape index (κ2) is 4.03. The van der Waals surface area contributed by atoms with Crippen molar-refractivity contribution >= 4 is 17.9 Å². The number of thioether (sulfide) groups is 1. The summed E-state index contributed by atoms with van der Waals surface area (Å²) in [6, 6.07) is 0.254. The van der Waals surface area contributed by atoms with Crippen LogP contribution in [0.2, 0.25) is 0 Å². The van der Waals surface area contributed by atoms with Gasteiger partial charge in [0.25, 0.3) is 0 Å². The Hall–Kier alpha value is -0.380. The smallest absolute Gasteiger partial charge is 0.410 e. The van der Waals surface area contributed by atoms with Crippen molar-refractivity contribution in [1.29, 1.82) is 0 Å². The number of hydrogen-bond donors (Lipinski definition) is 0. The lowest BCUT2D eigenvalue weighted by molar-refractivity contribution is 0.136. The number of nitrogens with zero attached hydrogens (tertiary/aromatic N) is 1. The summed E-state index contributed by atoms with van der Waals surface area (Å²) in [6.45, 7) is 4.75. The fourth-order valence-electron chi connectivity index (χ4n) is 1.24. The van der Waals surface area contributed by atoms with Crippen LogP contribution in [0.4, 0.5) is 4.79 Å². The molecule has 0 aliphatic carbocycles. The van der Waals surface area contributed by atoms with E-state index >= 15 is 0 Å². The fraction of sp³-hybridized carbons (Fsp3) is 0.875. The van der Waals surface area contributed by atoms with Crippen LogP contribution in [0.15, 0.2) is 0 Å². The summed E-state index contributed by atoms with van der Waals surface area (Å²) in [5.74, 6) is 0.898. The Labute approximate surface area is 77.4 Å². The summed E-state index contributed by atoms with van der Waals surface area (Å²) in [5.41, 5.74) is 0. The van der Waals surface area contributed by atoms with Gasteiger partial charge in [-0.25, -0.2) is 4.79 Å². The lowest BCUT2D eigenvalue weighted by Gasteiger charge is -2.16. The highest BCUT2D eigenvalue weighted by Gasteiger charge is 2.32.